The standard InChI is InChI=1S/C17H13FN2O3/c1-2-20-13-8-15-14(7-11(13)9-19-17(20)21)22-16(23-15)10-3-5-12(18)6-4-10/h3-9,16H,2H2,1H3. The van der Waals surface area contributed by atoms with Crippen molar-refractivity contribution in [3.8, 4) is 11.5 Å². The van der Waals surface area contributed by atoms with Crippen molar-refractivity contribution in [3.63, 3.8) is 0 Å². The third-order valence-electron chi connectivity index (χ3n) is 3.86. The van der Waals surface area contributed by atoms with E-state index in [0.29, 0.717) is 18.0 Å². The molecule has 1 aromatic heterocycles. The van der Waals surface area contributed by atoms with Crippen molar-refractivity contribution < 1.29 is 13.9 Å². The molecular formula is C17H13FN2O3. The van der Waals surface area contributed by atoms with Crippen LogP contribution in [0.1, 0.15) is 18.8 Å². The summed E-state index contributed by atoms with van der Waals surface area (Å²) in [6.45, 7) is 2.40. The summed E-state index contributed by atoms with van der Waals surface area (Å²) < 4.78 is 26.2. The lowest BCUT2D eigenvalue weighted by atomic mass is 10.2. The zero-order valence-electron chi connectivity index (χ0n) is 12.3. The molecule has 2 aromatic carbocycles. The lowest BCUT2D eigenvalue weighted by Crippen LogP contribution is -2.21. The predicted octanol–water partition coefficient (Wildman–Crippen LogP) is 3.03. The summed E-state index contributed by atoms with van der Waals surface area (Å²) in [5.41, 5.74) is 1.17. The summed E-state index contributed by atoms with van der Waals surface area (Å²) in [7, 11) is 0. The first-order valence-electron chi connectivity index (χ1n) is 7.28. The highest BCUT2D eigenvalue weighted by Gasteiger charge is 2.27. The molecule has 0 spiro atoms. The number of nitrogens with zero attached hydrogens (tertiary/aromatic N) is 2. The molecule has 0 fully saturated rings. The smallest absolute Gasteiger partial charge is 0.347 e. The van der Waals surface area contributed by atoms with Crippen LogP contribution in [0, 0.1) is 5.82 Å². The summed E-state index contributed by atoms with van der Waals surface area (Å²) >= 11 is 0. The fraction of sp³-hybridized carbons (Fsp3) is 0.176. The van der Waals surface area contributed by atoms with Gasteiger partial charge in [0, 0.05) is 29.8 Å². The molecular weight excluding hydrogens is 299 g/mol. The number of benzene rings is 2. The maximum atomic E-state index is 13.0. The number of halogens is 1. The number of hydrogen-bond acceptors (Lipinski definition) is 4. The number of aromatic nitrogens is 2. The summed E-state index contributed by atoms with van der Waals surface area (Å²) in [4.78, 5) is 15.7. The van der Waals surface area contributed by atoms with E-state index in [1.165, 1.54) is 18.3 Å². The van der Waals surface area contributed by atoms with Gasteiger partial charge in [-0.1, -0.05) is 0 Å². The molecule has 6 heteroatoms. The van der Waals surface area contributed by atoms with Crippen LogP contribution in [0.3, 0.4) is 0 Å². The van der Waals surface area contributed by atoms with Gasteiger partial charge in [-0.15, -0.1) is 0 Å². The topological polar surface area (TPSA) is 53.4 Å². The fourth-order valence-electron chi connectivity index (χ4n) is 2.70. The molecule has 1 aliphatic rings. The Morgan fingerprint density at radius 2 is 1.87 bits per heavy atom. The van der Waals surface area contributed by atoms with E-state index >= 15 is 0 Å². The Balaban J connectivity index is 1.78. The van der Waals surface area contributed by atoms with Gasteiger partial charge in [0.1, 0.15) is 5.82 Å². The van der Waals surface area contributed by atoms with Crippen molar-refractivity contribution in [1.82, 2.24) is 9.55 Å². The zero-order chi connectivity index (χ0) is 16.0. The Morgan fingerprint density at radius 3 is 2.57 bits per heavy atom. The maximum absolute atomic E-state index is 13.0. The van der Waals surface area contributed by atoms with Crippen LogP contribution >= 0.6 is 0 Å². The Labute approximate surface area is 130 Å². The normalized spacial score (nSPS) is 16.0. The van der Waals surface area contributed by atoms with Gasteiger partial charge in [0.2, 0.25) is 0 Å². The number of ether oxygens (including phenoxy) is 2. The lowest BCUT2D eigenvalue weighted by molar-refractivity contribution is 0.0487. The van der Waals surface area contributed by atoms with Crippen LogP contribution in [-0.4, -0.2) is 9.55 Å². The summed E-state index contributed by atoms with van der Waals surface area (Å²) in [6.07, 6.45) is 0.899. The van der Waals surface area contributed by atoms with Crippen LogP contribution in [0.4, 0.5) is 4.39 Å². The minimum absolute atomic E-state index is 0.297. The zero-order valence-corrected chi connectivity index (χ0v) is 12.3. The molecule has 23 heavy (non-hydrogen) atoms. The van der Waals surface area contributed by atoms with E-state index < -0.39 is 6.29 Å². The average molecular weight is 312 g/mol. The van der Waals surface area contributed by atoms with E-state index in [1.807, 2.05) is 6.92 Å². The van der Waals surface area contributed by atoms with Gasteiger partial charge >= 0.3 is 5.69 Å². The summed E-state index contributed by atoms with van der Waals surface area (Å²) in [5.74, 6) is 0.822. The Kier molecular flexibility index (Phi) is 3.04. The quantitative estimate of drug-likeness (QED) is 0.730. The van der Waals surface area contributed by atoms with Crippen LogP contribution in [0.25, 0.3) is 10.9 Å². The predicted molar refractivity (Wildman–Crippen MR) is 82.1 cm³/mol. The fourth-order valence-corrected chi connectivity index (χ4v) is 2.70. The van der Waals surface area contributed by atoms with Crippen molar-refractivity contribution in [2.45, 2.75) is 19.8 Å². The summed E-state index contributed by atoms with van der Waals surface area (Å²) in [5, 5.41) is 0.800. The highest BCUT2D eigenvalue weighted by Crippen LogP contribution is 2.42. The first-order chi connectivity index (χ1) is 11.2. The lowest BCUT2D eigenvalue weighted by Gasteiger charge is -2.09. The van der Waals surface area contributed by atoms with Gasteiger partial charge in [0.15, 0.2) is 11.5 Å². The first kappa shape index (κ1) is 13.8. The molecule has 2 heterocycles. The Morgan fingerprint density at radius 1 is 1.17 bits per heavy atom. The van der Waals surface area contributed by atoms with Crippen molar-refractivity contribution in [3.05, 3.63) is 64.5 Å². The molecule has 4 rings (SSSR count). The second-order valence-electron chi connectivity index (χ2n) is 5.26. The van der Waals surface area contributed by atoms with Crippen LogP contribution in [0.5, 0.6) is 11.5 Å². The number of rotatable bonds is 2. The minimum Gasteiger partial charge on any atom is -0.447 e. The molecule has 1 atom stereocenters. The third kappa shape index (κ3) is 2.23. The van der Waals surface area contributed by atoms with E-state index in [-0.39, 0.29) is 11.5 Å². The van der Waals surface area contributed by atoms with Gasteiger partial charge in [0.25, 0.3) is 6.29 Å². The number of fused-ring (bicyclic) bond motifs is 2. The van der Waals surface area contributed by atoms with Gasteiger partial charge in [-0.2, -0.15) is 0 Å². The van der Waals surface area contributed by atoms with Crippen molar-refractivity contribution in [1.29, 1.82) is 0 Å². The number of aryl methyl sites for hydroxylation is 1. The molecule has 0 radical (unpaired) electrons. The minimum atomic E-state index is -0.628. The highest BCUT2D eigenvalue weighted by atomic mass is 19.1. The van der Waals surface area contributed by atoms with Crippen molar-refractivity contribution >= 4 is 10.9 Å². The monoisotopic (exact) mass is 312 g/mol. The van der Waals surface area contributed by atoms with Gasteiger partial charge < -0.3 is 9.47 Å². The molecule has 3 aromatic rings. The first-order valence-corrected chi connectivity index (χ1v) is 7.28. The summed E-state index contributed by atoms with van der Waals surface area (Å²) in [6, 6.07) is 9.54. The molecule has 0 saturated heterocycles. The second kappa shape index (κ2) is 5.08. The van der Waals surface area contributed by atoms with Gasteiger partial charge in [-0.05, 0) is 37.3 Å². The second-order valence-corrected chi connectivity index (χ2v) is 5.26. The Hall–Kier alpha value is -2.89. The van der Waals surface area contributed by atoms with Crippen molar-refractivity contribution in [2.75, 3.05) is 0 Å². The Bertz CT molecular complexity index is 950. The van der Waals surface area contributed by atoms with Crippen molar-refractivity contribution in [2.24, 2.45) is 0 Å². The van der Waals surface area contributed by atoms with E-state index in [4.69, 9.17) is 9.47 Å². The molecule has 1 aliphatic heterocycles. The largest absolute Gasteiger partial charge is 0.447 e. The van der Waals surface area contributed by atoms with Gasteiger partial charge in [-0.3, -0.25) is 4.57 Å². The van der Waals surface area contributed by atoms with Gasteiger partial charge in [0.05, 0.1) is 5.52 Å². The SMILES string of the molecule is CCn1c(=O)ncc2cc3c(cc21)OC(c1ccc(F)cc1)O3. The highest BCUT2D eigenvalue weighted by molar-refractivity contribution is 5.82. The van der Waals surface area contributed by atoms with Crippen LogP contribution in [0.2, 0.25) is 0 Å². The van der Waals surface area contributed by atoms with E-state index in [1.54, 1.807) is 28.8 Å². The molecule has 1 unspecified atom stereocenters. The molecule has 0 saturated carbocycles. The molecule has 0 N–H and O–H groups in total. The van der Waals surface area contributed by atoms with Gasteiger partial charge in [-0.25, -0.2) is 14.2 Å². The molecule has 0 amide bonds. The molecule has 0 bridgehead atoms. The van der Waals surface area contributed by atoms with E-state index in [0.717, 1.165) is 16.5 Å². The third-order valence-corrected chi connectivity index (χ3v) is 3.86. The average Bonchev–Trinajstić information content (AvgIpc) is 2.96. The van der Waals surface area contributed by atoms with E-state index in [2.05, 4.69) is 4.98 Å². The van der Waals surface area contributed by atoms with Crippen LogP contribution in [-0.2, 0) is 6.54 Å². The molecule has 5 nitrogen and oxygen atoms in total. The maximum Gasteiger partial charge on any atom is 0.347 e. The molecule has 0 aliphatic carbocycles. The van der Waals surface area contributed by atoms with Crippen LogP contribution in [0.15, 0.2) is 47.4 Å². The van der Waals surface area contributed by atoms with Crippen LogP contribution < -0.4 is 15.2 Å². The number of hydrogen-bond donors (Lipinski definition) is 0. The molecule has 116 valence electrons. The van der Waals surface area contributed by atoms with E-state index in [9.17, 15) is 9.18 Å².